The molecule has 1 heterocycles. The summed E-state index contributed by atoms with van der Waals surface area (Å²) in [5, 5.41) is 12.8. The molecule has 15 heavy (non-hydrogen) atoms. The summed E-state index contributed by atoms with van der Waals surface area (Å²) in [6, 6.07) is 1.45. The topological polar surface area (TPSA) is 35.5 Å². The van der Waals surface area contributed by atoms with E-state index < -0.39 is 0 Å². The van der Waals surface area contributed by atoms with E-state index in [1.807, 2.05) is 7.05 Å². The van der Waals surface area contributed by atoms with Crippen molar-refractivity contribution in [2.75, 3.05) is 20.2 Å². The van der Waals surface area contributed by atoms with Gasteiger partial charge >= 0.3 is 0 Å². The van der Waals surface area contributed by atoms with Gasteiger partial charge in [0.2, 0.25) is 0 Å². The predicted molar refractivity (Wildman–Crippen MR) is 61.9 cm³/mol. The second kappa shape index (κ2) is 4.40. The maximum Gasteiger partial charge on any atom is 0.0613 e. The van der Waals surface area contributed by atoms with Crippen LogP contribution in [0, 0.1) is 0 Å². The van der Waals surface area contributed by atoms with Crippen LogP contribution in [0.1, 0.15) is 39.0 Å². The first-order valence-electron chi connectivity index (χ1n) is 6.26. The number of nitrogens with zero attached hydrogens (tertiary/aromatic N) is 1. The van der Waals surface area contributed by atoms with Gasteiger partial charge in [0.1, 0.15) is 0 Å². The molecule has 0 aromatic heterocycles. The third-order valence-electron chi connectivity index (χ3n) is 4.49. The average Bonchev–Trinajstić information content (AvgIpc) is 2.84. The van der Waals surface area contributed by atoms with Crippen molar-refractivity contribution in [1.82, 2.24) is 10.2 Å². The number of hydrogen-bond donors (Lipinski definition) is 2. The molecule has 2 fully saturated rings. The number of aliphatic hydroxyl groups excluding tert-OH is 1. The zero-order chi connectivity index (χ0) is 10.9. The summed E-state index contributed by atoms with van der Waals surface area (Å²) in [6.45, 7) is 3.88. The predicted octanol–water partition coefficient (Wildman–Crippen LogP) is 0.974. The molecule has 88 valence electrons. The van der Waals surface area contributed by atoms with Crippen molar-refractivity contribution >= 4 is 0 Å². The molecule has 1 saturated carbocycles. The molecule has 3 unspecified atom stereocenters. The number of hydrogen-bond acceptors (Lipinski definition) is 3. The maximum absolute atomic E-state index is 9.46. The molecular weight excluding hydrogens is 188 g/mol. The van der Waals surface area contributed by atoms with Gasteiger partial charge in [0.15, 0.2) is 0 Å². The minimum Gasteiger partial charge on any atom is -0.394 e. The monoisotopic (exact) mass is 212 g/mol. The minimum absolute atomic E-state index is 0.00692. The number of nitrogens with one attached hydrogen (secondary N) is 1. The lowest BCUT2D eigenvalue weighted by Gasteiger charge is -2.31. The maximum atomic E-state index is 9.46. The third-order valence-corrected chi connectivity index (χ3v) is 4.49. The van der Waals surface area contributed by atoms with Gasteiger partial charge in [-0.2, -0.15) is 0 Å². The third kappa shape index (κ3) is 2.05. The second-order valence-corrected chi connectivity index (χ2v) is 5.31. The Kier molecular flexibility index (Phi) is 3.33. The van der Waals surface area contributed by atoms with Crippen molar-refractivity contribution in [2.24, 2.45) is 0 Å². The van der Waals surface area contributed by atoms with Gasteiger partial charge in [-0.05, 0) is 52.6 Å². The van der Waals surface area contributed by atoms with E-state index in [-0.39, 0.29) is 12.1 Å². The van der Waals surface area contributed by atoms with Crippen LogP contribution in [0.15, 0.2) is 0 Å². The molecule has 0 bridgehead atoms. The highest BCUT2D eigenvalue weighted by molar-refractivity contribution is 5.00. The molecule has 1 aliphatic carbocycles. The fourth-order valence-corrected chi connectivity index (χ4v) is 3.33. The van der Waals surface area contributed by atoms with Crippen molar-refractivity contribution in [3.63, 3.8) is 0 Å². The summed E-state index contributed by atoms with van der Waals surface area (Å²) in [5.74, 6) is 0. The van der Waals surface area contributed by atoms with E-state index in [0.717, 1.165) is 18.9 Å². The molecule has 3 heteroatoms. The smallest absolute Gasteiger partial charge is 0.0613 e. The summed E-state index contributed by atoms with van der Waals surface area (Å²) < 4.78 is 0. The van der Waals surface area contributed by atoms with Gasteiger partial charge in [0, 0.05) is 17.6 Å². The number of aliphatic hydroxyl groups is 1. The Balaban J connectivity index is 1.97. The Morgan fingerprint density at radius 2 is 2.27 bits per heavy atom. The minimum atomic E-state index is 0.00692. The van der Waals surface area contributed by atoms with Crippen molar-refractivity contribution in [3.05, 3.63) is 0 Å². The lowest BCUT2D eigenvalue weighted by molar-refractivity contribution is 0.145. The van der Waals surface area contributed by atoms with Crippen LogP contribution in [0.4, 0.5) is 0 Å². The van der Waals surface area contributed by atoms with Crippen LogP contribution in [0.5, 0.6) is 0 Å². The largest absolute Gasteiger partial charge is 0.394 e. The molecule has 3 nitrogen and oxygen atoms in total. The van der Waals surface area contributed by atoms with Gasteiger partial charge in [-0.1, -0.05) is 0 Å². The summed E-state index contributed by atoms with van der Waals surface area (Å²) in [4.78, 5) is 2.65. The molecular formula is C12H24N2O. The van der Waals surface area contributed by atoms with Crippen LogP contribution in [0.2, 0.25) is 0 Å². The van der Waals surface area contributed by atoms with E-state index in [1.165, 1.54) is 25.8 Å². The van der Waals surface area contributed by atoms with Gasteiger partial charge in [-0.3, -0.25) is 4.90 Å². The van der Waals surface area contributed by atoms with Gasteiger partial charge < -0.3 is 10.4 Å². The van der Waals surface area contributed by atoms with E-state index in [1.54, 1.807) is 0 Å². The average molecular weight is 212 g/mol. The normalized spacial score (nSPS) is 42.6. The molecule has 0 spiro atoms. The van der Waals surface area contributed by atoms with E-state index in [4.69, 9.17) is 0 Å². The standard InChI is InChI=1S/C12H24N2O/c1-10-4-3-7-14(10)11-5-6-12(8-11,9-15)13-2/h10-11,13,15H,3-9H2,1-2H3. The number of likely N-dealkylation sites (N-methyl/N-ethyl adjacent to an activating group) is 1. The first-order chi connectivity index (χ1) is 7.21. The van der Waals surface area contributed by atoms with Gasteiger partial charge in [0.05, 0.1) is 6.61 Å². The van der Waals surface area contributed by atoms with Crippen molar-refractivity contribution in [1.29, 1.82) is 0 Å². The SMILES string of the molecule is CNC1(CO)CCC(N2CCCC2C)C1. The second-order valence-electron chi connectivity index (χ2n) is 5.31. The Morgan fingerprint density at radius 3 is 2.73 bits per heavy atom. The molecule has 0 aromatic rings. The zero-order valence-electron chi connectivity index (χ0n) is 10.00. The first-order valence-corrected chi connectivity index (χ1v) is 6.26. The molecule has 1 saturated heterocycles. The fraction of sp³-hybridized carbons (Fsp3) is 1.00. The molecule has 1 aliphatic heterocycles. The van der Waals surface area contributed by atoms with Crippen molar-refractivity contribution < 1.29 is 5.11 Å². The van der Waals surface area contributed by atoms with Crippen LogP contribution < -0.4 is 5.32 Å². The molecule has 0 amide bonds. The van der Waals surface area contributed by atoms with Gasteiger partial charge in [0.25, 0.3) is 0 Å². The Hall–Kier alpha value is -0.120. The van der Waals surface area contributed by atoms with Gasteiger partial charge in [-0.15, -0.1) is 0 Å². The van der Waals surface area contributed by atoms with Crippen LogP contribution in [0.3, 0.4) is 0 Å². The summed E-state index contributed by atoms with van der Waals surface area (Å²) >= 11 is 0. The van der Waals surface area contributed by atoms with E-state index in [9.17, 15) is 5.11 Å². The summed E-state index contributed by atoms with van der Waals surface area (Å²) in [5.41, 5.74) is 0.00692. The lowest BCUT2D eigenvalue weighted by atomic mass is 9.99. The molecule has 2 aliphatic rings. The van der Waals surface area contributed by atoms with Crippen LogP contribution in [0.25, 0.3) is 0 Å². The molecule has 2 N–H and O–H groups in total. The molecule has 0 radical (unpaired) electrons. The van der Waals surface area contributed by atoms with Crippen molar-refractivity contribution in [2.45, 2.75) is 56.7 Å². The number of likely N-dealkylation sites (tertiary alicyclic amines) is 1. The molecule has 0 aromatic carbocycles. The summed E-state index contributed by atoms with van der Waals surface area (Å²) in [7, 11) is 1.98. The molecule has 3 atom stereocenters. The van der Waals surface area contributed by atoms with Crippen LogP contribution in [-0.4, -0.2) is 47.8 Å². The number of rotatable bonds is 3. The van der Waals surface area contributed by atoms with Crippen LogP contribution >= 0.6 is 0 Å². The van der Waals surface area contributed by atoms with E-state index in [0.29, 0.717) is 6.04 Å². The van der Waals surface area contributed by atoms with Crippen molar-refractivity contribution in [3.8, 4) is 0 Å². The Labute approximate surface area is 92.8 Å². The molecule has 2 rings (SSSR count). The fourth-order valence-electron chi connectivity index (χ4n) is 3.33. The summed E-state index contributed by atoms with van der Waals surface area (Å²) in [6.07, 6.45) is 6.18. The Morgan fingerprint density at radius 1 is 1.47 bits per heavy atom. The quantitative estimate of drug-likeness (QED) is 0.732. The highest BCUT2D eigenvalue weighted by atomic mass is 16.3. The van der Waals surface area contributed by atoms with Gasteiger partial charge in [-0.25, -0.2) is 0 Å². The Bertz CT molecular complexity index is 216. The first kappa shape index (κ1) is 11.4. The highest BCUT2D eigenvalue weighted by Crippen LogP contribution is 2.35. The highest BCUT2D eigenvalue weighted by Gasteiger charge is 2.41. The van der Waals surface area contributed by atoms with E-state index >= 15 is 0 Å². The van der Waals surface area contributed by atoms with E-state index in [2.05, 4.69) is 17.1 Å². The lowest BCUT2D eigenvalue weighted by Crippen LogP contribution is -2.46. The zero-order valence-corrected chi connectivity index (χ0v) is 10.00. The van der Waals surface area contributed by atoms with Crippen LogP contribution in [-0.2, 0) is 0 Å².